The monoisotopic (exact) mass is 486 g/mol. The van der Waals surface area contributed by atoms with E-state index in [2.05, 4.69) is 14.7 Å². The number of aromatic nitrogens is 2. The largest absolute Gasteiger partial charge is 0.461 e. The zero-order valence-electron chi connectivity index (χ0n) is 19.5. The van der Waals surface area contributed by atoms with E-state index < -0.39 is 0 Å². The fourth-order valence-electron chi connectivity index (χ4n) is 3.58. The molecule has 35 heavy (non-hydrogen) atoms. The minimum Gasteiger partial charge on any atom is -0.461 e. The van der Waals surface area contributed by atoms with Gasteiger partial charge >= 0.3 is 0 Å². The van der Waals surface area contributed by atoms with Gasteiger partial charge in [0.05, 0.1) is 23.5 Å². The summed E-state index contributed by atoms with van der Waals surface area (Å²) in [4.78, 5) is 34.0. The van der Waals surface area contributed by atoms with Crippen molar-refractivity contribution in [2.75, 3.05) is 17.8 Å². The number of amides is 1. The Morgan fingerprint density at radius 2 is 1.83 bits per heavy atom. The fraction of sp³-hybridized carbons (Fsp3) is 0.185. The van der Waals surface area contributed by atoms with Gasteiger partial charge in [-0.25, -0.2) is 0 Å². The van der Waals surface area contributed by atoms with E-state index in [1.807, 2.05) is 80.6 Å². The SMILES string of the molecule is Cc1cc(C(=O)N2CC(OC=O)C2)ccc1NSc1cccc2cccnc12.Cc1ccccn1. The zero-order chi connectivity index (χ0) is 24.6. The summed E-state index contributed by atoms with van der Waals surface area (Å²) < 4.78 is 8.21. The molecule has 1 N–H and O–H groups in total. The molecule has 0 unspecified atom stereocenters. The molecule has 0 radical (unpaired) electrons. The molecule has 4 aromatic rings. The normalized spacial score (nSPS) is 12.8. The number of carbonyl (C=O) groups excluding carboxylic acids is 2. The summed E-state index contributed by atoms with van der Waals surface area (Å²) in [5.41, 5.74) is 4.58. The van der Waals surface area contributed by atoms with Gasteiger partial charge in [-0.2, -0.15) is 0 Å². The van der Waals surface area contributed by atoms with Gasteiger partial charge in [0, 0.05) is 34.7 Å². The third-order valence-electron chi connectivity index (χ3n) is 5.54. The molecule has 5 rings (SSSR count). The number of pyridine rings is 2. The standard InChI is InChI=1S/C21H19N3O3S.C6H7N/c1-14-10-16(21(26)24-11-17(12-24)27-13-25)7-8-18(14)23-28-19-6-2-4-15-5-3-9-22-20(15)19;1-6-4-2-3-5-7-6/h2-10,13,17,23H,11-12H2,1H3;2-5H,1H3. The molecule has 7 nitrogen and oxygen atoms in total. The van der Waals surface area contributed by atoms with Gasteiger partial charge in [0.2, 0.25) is 0 Å². The lowest BCUT2D eigenvalue weighted by Crippen LogP contribution is -2.54. The van der Waals surface area contributed by atoms with Crippen molar-refractivity contribution in [3.8, 4) is 0 Å². The number of fused-ring (bicyclic) bond motifs is 1. The Hall–Kier alpha value is -3.91. The van der Waals surface area contributed by atoms with Crippen molar-refractivity contribution >= 4 is 40.9 Å². The molecule has 1 aliphatic heterocycles. The Bertz CT molecular complexity index is 1310. The third-order valence-corrected chi connectivity index (χ3v) is 6.41. The summed E-state index contributed by atoms with van der Waals surface area (Å²) in [6, 6.07) is 21.5. The first-order chi connectivity index (χ1) is 17.0. The molecule has 2 aromatic carbocycles. The number of nitrogens with one attached hydrogen (secondary N) is 1. The van der Waals surface area contributed by atoms with Crippen molar-refractivity contribution in [3.63, 3.8) is 0 Å². The van der Waals surface area contributed by atoms with Crippen LogP contribution in [0.15, 0.2) is 84.0 Å². The van der Waals surface area contributed by atoms with Crippen LogP contribution in [-0.4, -0.2) is 46.4 Å². The summed E-state index contributed by atoms with van der Waals surface area (Å²) in [6.07, 6.45) is 3.39. The smallest absolute Gasteiger partial charge is 0.293 e. The number of anilines is 1. The van der Waals surface area contributed by atoms with Gasteiger partial charge in [-0.05, 0) is 73.8 Å². The van der Waals surface area contributed by atoms with Gasteiger partial charge in [-0.15, -0.1) is 0 Å². The number of likely N-dealkylation sites (tertiary alicyclic amines) is 1. The Kier molecular flexibility index (Phi) is 7.95. The number of hydrogen-bond donors (Lipinski definition) is 1. The molecule has 1 fully saturated rings. The fourth-order valence-corrected chi connectivity index (χ4v) is 4.44. The molecule has 1 aliphatic rings. The third kappa shape index (κ3) is 6.16. The van der Waals surface area contributed by atoms with E-state index in [0.29, 0.717) is 25.1 Å². The predicted molar refractivity (Wildman–Crippen MR) is 138 cm³/mol. The molecule has 0 atom stereocenters. The number of hydrogen-bond acceptors (Lipinski definition) is 7. The second-order valence-corrected chi connectivity index (χ2v) is 8.95. The maximum atomic E-state index is 12.5. The number of aryl methyl sites for hydroxylation is 2. The Morgan fingerprint density at radius 1 is 1.03 bits per heavy atom. The van der Waals surface area contributed by atoms with E-state index in [1.54, 1.807) is 17.3 Å². The molecular formula is C27H26N4O3S. The van der Waals surface area contributed by atoms with Crippen LogP contribution in [0.2, 0.25) is 0 Å². The molecule has 1 saturated heterocycles. The Morgan fingerprint density at radius 3 is 2.51 bits per heavy atom. The molecule has 0 spiro atoms. The van der Waals surface area contributed by atoms with Crippen LogP contribution in [0.25, 0.3) is 10.9 Å². The summed E-state index contributed by atoms with van der Waals surface area (Å²) in [5, 5.41) is 1.10. The Balaban J connectivity index is 0.000000356. The molecule has 0 aliphatic carbocycles. The molecule has 1 amide bonds. The molecule has 0 bridgehead atoms. The molecular weight excluding hydrogens is 460 g/mol. The summed E-state index contributed by atoms with van der Waals surface area (Å²) in [7, 11) is 0. The van der Waals surface area contributed by atoms with E-state index in [4.69, 9.17) is 4.74 Å². The van der Waals surface area contributed by atoms with Crippen LogP contribution in [-0.2, 0) is 9.53 Å². The van der Waals surface area contributed by atoms with Crippen LogP contribution in [0.4, 0.5) is 5.69 Å². The minimum atomic E-state index is -0.186. The van der Waals surface area contributed by atoms with E-state index in [0.717, 1.165) is 32.7 Å². The highest BCUT2D eigenvalue weighted by Crippen LogP contribution is 2.29. The molecule has 0 saturated carbocycles. The van der Waals surface area contributed by atoms with E-state index in [9.17, 15) is 9.59 Å². The maximum absolute atomic E-state index is 12.5. The molecule has 178 valence electrons. The second kappa shape index (κ2) is 11.5. The molecule has 2 aromatic heterocycles. The highest BCUT2D eigenvalue weighted by Gasteiger charge is 2.32. The van der Waals surface area contributed by atoms with Gasteiger partial charge in [0.1, 0.15) is 6.10 Å². The van der Waals surface area contributed by atoms with Crippen LogP contribution in [0.3, 0.4) is 0 Å². The summed E-state index contributed by atoms with van der Waals surface area (Å²) in [5.74, 6) is -0.0497. The zero-order valence-corrected chi connectivity index (χ0v) is 20.4. The number of para-hydroxylation sites is 1. The first-order valence-corrected chi connectivity index (χ1v) is 12.0. The van der Waals surface area contributed by atoms with Gasteiger partial charge in [0.25, 0.3) is 12.4 Å². The van der Waals surface area contributed by atoms with Crippen molar-refractivity contribution in [1.82, 2.24) is 14.9 Å². The van der Waals surface area contributed by atoms with Crippen LogP contribution < -0.4 is 4.72 Å². The van der Waals surface area contributed by atoms with Crippen LogP contribution >= 0.6 is 11.9 Å². The van der Waals surface area contributed by atoms with Gasteiger partial charge in [-0.1, -0.05) is 24.3 Å². The highest BCUT2D eigenvalue weighted by atomic mass is 32.2. The Labute approximate surface area is 208 Å². The van der Waals surface area contributed by atoms with Crippen LogP contribution in [0, 0.1) is 13.8 Å². The number of rotatable bonds is 6. The van der Waals surface area contributed by atoms with E-state index >= 15 is 0 Å². The first-order valence-electron chi connectivity index (χ1n) is 11.2. The van der Waals surface area contributed by atoms with E-state index in [1.165, 1.54) is 11.9 Å². The number of benzene rings is 2. The molecule has 8 heteroatoms. The number of nitrogens with zero attached hydrogens (tertiary/aromatic N) is 3. The minimum absolute atomic E-state index is 0.0497. The van der Waals surface area contributed by atoms with Crippen molar-refractivity contribution in [2.45, 2.75) is 24.8 Å². The highest BCUT2D eigenvalue weighted by molar-refractivity contribution is 8.00. The maximum Gasteiger partial charge on any atom is 0.293 e. The lowest BCUT2D eigenvalue weighted by molar-refractivity contribution is -0.139. The summed E-state index contributed by atoms with van der Waals surface area (Å²) in [6.45, 7) is 5.26. The lowest BCUT2D eigenvalue weighted by Gasteiger charge is -2.37. The molecule has 3 heterocycles. The predicted octanol–water partition coefficient (Wildman–Crippen LogP) is 5.05. The van der Waals surface area contributed by atoms with Crippen molar-refractivity contribution in [2.24, 2.45) is 0 Å². The average molecular weight is 487 g/mol. The van der Waals surface area contributed by atoms with E-state index in [-0.39, 0.29) is 12.0 Å². The van der Waals surface area contributed by atoms with Gasteiger partial charge in [-0.3, -0.25) is 19.6 Å². The van der Waals surface area contributed by atoms with Crippen molar-refractivity contribution in [1.29, 1.82) is 0 Å². The summed E-state index contributed by atoms with van der Waals surface area (Å²) >= 11 is 1.50. The quantitative estimate of drug-likeness (QED) is 0.302. The number of ether oxygens (including phenoxy) is 1. The van der Waals surface area contributed by atoms with Gasteiger partial charge < -0.3 is 14.4 Å². The van der Waals surface area contributed by atoms with Crippen molar-refractivity contribution < 1.29 is 14.3 Å². The van der Waals surface area contributed by atoms with Crippen molar-refractivity contribution in [3.05, 3.63) is 95.9 Å². The van der Waals surface area contributed by atoms with Crippen LogP contribution in [0.1, 0.15) is 21.6 Å². The van der Waals surface area contributed by atoms with Crippen LogP contribution in [0.5, 0.6) is 0 Å². The lowest BCUT2D eigenvalue weighted by atomic mass is 10.1. The van der Waals surface area contributed by atoms with Gasteiger partial charge in [0.15, 0.2) is 0 Å². The number of carbonyl (C=O) groups is 2. The topological polar surface area (TPSA) is 84.4 Å². The first kappa shape index (κ1) is 24.2. The average Bonchev–Trinajstić information content (AvgIpc) is 2.85. The second-order valence-electron chi connectivity index (χ2n) is 8.10.